The second-order valence-electron chi connectivity index (χ2n) is 5.93. The van der Waals surface area contributed by atoms with Crippen LogP contribution < -0.4 is 0 Å². The van der Waals surface area contributed by atoms with E-state index in [0.717, 1.165) is 43.9 Å². The number of amides is 2. The molecule has 0 radical (unpaired) electrons. The number of thiophene rings is 1. The molecule has 6 heteroatoms. The van der Waals surface area contributed by atoms with Crippen LogP contribution in [-0.2, 0) is 4.79 Å². The fourth-order valence-corrected chi connectivity index (χ4v) is 3.55. The molecule has 2 rings (SSSR count). The van der Waals surface area contributed by atoms with E-state index in [-0.39, 0.29) is 11.8 Å². The van der Waals surface area contributed by atoms with Crippen LogP contribution in [-0.4, -0.2) is 72.3 Å². The SMILES string of the molecule is CCCN(CCC)C(=O)CN1CCN(C(=O)c2cccs2)CC1. The number of carbonyl (C=O) groups is 2. The Bertz CT molecular complexity index is 490. The monoisotopic (exact) mass is 337 g/mol. The van der Waals surface area contributed by atoms with Gasteiger partial charge in [0.2, 0.25) is 5.91 Å². The third kappa shape index (κ3) is 5.04. The zero-order valence-electron chi connectivity index (χ0n) is 14.2. The summed E-state index contributed by atoms with van der Waals surface area (Å²) in [6.45, 7) is 9.30. The summed E-state index contributed by atoms with van der Waals surface area (Å²) in [5.41, 5.74) is 0. The number of hydrogen-bond acceptors (Lipinski definition) is 4. The maximum atomic E-state index is 12.4. The van der Waals surface area contributed by atoms with Gasteiger partial charge in [-0.25, -0.2) is 0 Å². The van der Waals surface area contributed by atoms with Crippen molar-refractivity contribution in [3.05, 3.63) is 22.4 Å². The molecule has 0 unspecified atom stereocenters. The van der Waals surface area contributed by atoms with E-state index in [1.54, 1.807) is 0 Å². The first-order valence-electron chi connectivity index (χ1n) is 8.48. The molecule has 128 valence electrons. The lowest BCUT2D eigenvalue weighted by Gasteiger charge is -2.35. The van der Waals surface area contributed by atoms with E-state index >= 15 is 0 Å². The van der Waals surface area contributed by atoms with Crippen LogP contribution in [0.1, 0.15) is 36.4 Å². The van der Waals surface area contributed by atoms with Crippen molar-refractivity contribution >= 4 is 23.2 Å². The van der Waals surface area contributed by atoms with Gasteiger partial charge < -0.3 is 9.80 Å². The fourth-order valence-electron chi connectivity index (χ4n) is 2.86. The molecule has 23 heavy (non-hydrogen) atoms. The van der Waals surface area contributed by atoms with Crippen molar-refractivity contribution in [2.45, 2.75) is 26.7 Å². The maximum absolute atomic E-state index is 12.4. The van der Waals surface area contributed by atoms with Crippen molar-refractivity contribution in [3.63, 3.8) is 0 Å². The van der Waals surface area contributed by atoms with Gasteiger partial charge in [0.25, 0.3) is 5.91 Å². The van der Waals surface area contributed by atoms with Crippen LogP contribution in [0.4, 0.5) is 0 Å². The number of piperazine rings is 1. The lowest BCUT2D eigenvalue weighted by molar-refractivity contribution is -0.132. The summed E-state index contributed by atoms with van der Waals surface area (Å²) >= 11 is 1.49. The number of carbonyl (C=O) groups excluding carboxylic acids is 2. The molecule has 0 bridgehead atoms. The Morgan fingerprint density at radius 3 is 2.30 bits per heavy atom. The number of rotatable bonds is 7. The highest BCUT2D eigenvalue weighted by molar-refractivity contribution is 7.12. The molecule has 5 nitrogen and oxygen atoms in total. The first-order valence-corrected chi connectivity index (χ1v) is 9.36. The van der Waals surface area contributed by atoms with Gasteiger partial charge in [-0.2, -0.15) is 0 Å². The first-order chi connectivity index (χ1) is 11.2. The molecule has 1 aromatic heterocycles. The Kier molecular flexibility index (Phi) is 7.05. The molecule has 0 N–H and O–H groups in total. The largest absolute Gasteiger partial charge is 0.342 e. The van der Waals surface area contributed by atoms with Gasteiger partial charge in [0.1, 0.15) is 0 Å². The molecule has 0 aliphatic carbocycles. The van der Waals surface area contributed by atoms with Crippen molar-refractivity contribution in [2.24, 2.45) is 0 Å². The molecule has 1 fully saturated rings. The molecule has 0 atom stereocenters. The third-order valence-corrected chi connectivity index (χ3v) is 4.95. The molecule has 2 heterocycles. The quantitative estimate of drug-likeness (QED) is 0.766. The predicted molar refractivity (Wildman–Crippen MR) is 93.8 cm³/mol. The van der Waals surface area contributed by atoms with Crippen molar-refractivity contribution < 1.29 is 9.59 Å². The Balaban J connectivity index is 1.80. The van der Waals surface area contributed by atoms with Crippen LogP contribution in [0.25, 0.3) is 0 Å². The lowest BCUT2D eigenvalue weighted by Crippen LogP contribution is -2.51. The van der Waals surface area contributed by atoms with Gasteiger partial charge >= 0.3 is 0 Å². The molecule has 0 spiro atoms. The van der Waals surface area contributed by atoms with Gasteiger partial charge in [-0.1, -0.05) is 19.9 Å². The van der Waals surface area contributed by atoms with E-state index in [0.29, 0.717) is 19.6 Å². The topological polar surface area (TPSA) is 43.9 Å². The van der Waals surface area contributed by atoms with Crippen molar-refractivity contribution in [2.75, 3.05) is 45.8 Å². The summed E-state index contributed by atoms with van der Waals surface area (Å²) in [6, 6.07) is 3.78. The Morgan fingerprint density at radius 1 is 1.13 bits per heavy atom. The number of nitrogens with zero attached hydrogens (tertiary/aromatic N) is 3. The zero-order valence-corrected chi connectivity index (χ0v) is 15.0. The van der Waals surface area contributed by atoms with E-state index in [1.165, 1.54) is 11.3 Å². The van der Waals surface area contributed by atoms with Crippen molar-refractivity contribution in [3.8, 4) is 0 Å². The van der Waals surface area contributed by atoms with E-state index in [2.05, 4.69) is 18.7 Å². The summed E-state index contributed by atoms with van der Waals surface area (Å²) in [4.78, 5) is 31.5. The molecule has 1 aliphatic rings. The fraction of sp³-hybridized carbons (Fsp3) is 0.647. The van der Waals surface area contributed by atoms with Gasteiger partial charge in [0, 0.05) is 39.3 Å². The summed E-state index contributed by atoms with van der Waals surface area (Å²) in [5.74, 6) is 0.330. The normalized spacial score (nSPS) is 15.7. The Morgan fingerprint density at radius 2 is 1.78 bits per heavy atom. The summed E-state index contributed by atoms with van der Waals surface area (Å²) in [6.07, 6.45) is 1.99. The van der Waals surface area contributed by atoms with Crippen LogP contribution in [0.2, 0.25) is 0 Å². The van der Waals surface area contributed by atoms with Crippen LogP contribution in [0, 0.1) is 0 Å². The molecule has 0 saturated carbocycles. The highest BCUT2D eigenvalue weighted by Gasteiger charge is 2.24. The molecule has 1 aliphatic heterocycles. The summed E-state index contributed by atoms with van der Waals surface area (Å²) in [5, 5.41) is 1.93. The Hall–Kier alpha value is -1.40. The van der Waals surface area contributed by atoms with E-state index < -0.39 is 0 Å². The standard InChI is InChI=1S/C17H27N3O2S/c1-3-7-19(8-4-2)16(21)14-18-9-11-20(12-10-18)17(22)15-6-5-13-23-15/h5-6,13H,3-4,7-12,14H2,1-2H3. The third-order valence-electron chi connectivity index (χ3n) is 4.09. The molecular formula is C17H27N3O2S. The lowest BCUT2D eigenvalue weighted by atomic mass is 10.2. The minimum absolute atomic E-state index is 0.115. The van der Waals surface area contributed by atoms with Crippen molar-refractivity contribution in [1.29, 1.82) is 0 Å². The van der Waals surface area contributed by atoms with Crippen LogP contribution in [0.15, 0.2) is 17.5 Å². The van der Waals surface area contributed by atoms with E-state index in [9.17, 15) is 9.59 Å². The van der Waals surface area contributed by atoms with Crippen LogP contribution in [0.3, 0.4) is 0 Å². The first kappa shape index (κ1) is 17.9. The minimum atomic E-state index is 0.115. The van der Waals surface area contributed by atoms with E-state index in [1.807, 2.05) is 27.3 Å². The molecule has 2 amide bonds. The summed E-state index contributed by atoms with van der Waals surface area (Å²) < 4.78 is 0. The highest BCUT2D eigenvalue weighted by atomic mass is 32.1. The molecule has 0 aromatic carbocycles. The van der Waals surface area contributed by atoms with Crippen LogP contribution >= 0.6 is 11.3 Å². The zero-order chi connectivity index (χ0) is 16.7. The van der Waals surface area contributed by atoms with Gasteiger partial charge in [-0.15, -0.1) is 11.3 Å². The number of hydrogen-bond donors (Lipinski definition) is 0. The second kappa shape index (κ2) is 9.03. The van der Waals surface area contributed by atoms with Gasteiger partial charge in [-0.3, -0.25) is 14.5 Å². The average molecular weight is 337 g/mol. The van der Waals surface area contributed by atoms with Crippen LogP contribution in [0.5, 0.6) is 0 Å². The average Bonchev–Trinajstić information content (AvgIpc) is 3.09. The molecular weight excluding hydrogens is 310 g/mol. The van der Waals surface area contributed by atoms with Gasteiger partial charge in [-0.05, 0) is 24.3 Å². The van der Waals surface area contributed by atoms with Gasteiger partial charge in [0.15, 0.2) is 0 Å². The maximum Gasteiger partial charge on any atom is 0.264 e. The highest BCUT2D eigenvalue weighted by Crippen LogP contribution is 2.14. The minimum Gasteiger partial charge on any atom is -0.342 e. The second-order valence-corrected chi connectivity index (χ2v) is 6.87. The smallest absolute Gasteiger partial charge is 0.264 e. The summed E-state index contributed by atoms with van der Waals surface area (Å²) in [7, 11) is 0. The van der Waals surface area contributed by atoms with Crippen molar-refractivity contribution in [1.82, 2.24) is 14.7 Å². The molecule has 1 saturated heterocycles. The van der Waals surface area contributed by atoms with E-state index in [4.69, 9.17) is 0 Å². The molecule has 1 aromatic rings. The Labute approximate surface area is 142 Å². The predicted octanol–water partition coefficient (Wildman–Crippen LogP) is 2.15. The van der Waals surface area contributed by atoms with Gasteiger partial charge in [0.05, 0.1) is 11.4 Å².